The Hall–Kier alpha value is -2.20. The van der Waals surface area contributed by atoms with Crippen LogP contribution in [0.2, 0.25) is 0 Å². The van der Waals surface area contributed by atoms with Crippen molar-refractivity contribution in [3.8, 4) is 0 Å². The number of thiophene rings is 1. The van der Waals surface area contributed by atoms with E-state index in [1.54, 1.807) is 12.3 Å². The van der Waals surface area contributed by atoms with Crippen molar-refractivity contribution in [1.29, 1.82) is 0 Å². The molecule has 0 fully saturated rings. The Kier molecular flexibility index (Phi) is 3.48. The Morgan fingerprint density at radius 1 is 1.10 bits per heavy atom. The molecule has 1 aromatic carbocycles. The monoisotopic (exact) mass is 283 g/mol. The first-order valence-electron chi connectivity index (χ1n) is 6.36. The van der Waals surface area contributed by atoms with Crippen molar-refractivity contribution in [2.75, 3.05) is 0 Å². The predicted molar refractivity (Wildman–Crippen MR) is 81.2 cm³/mol. The number of ketones is 1. The van der Waals surface area contributed by atoms with Gasteiger partial charge in [-0.1, -0.05) is 30.3 Å². The highest BCUT2D eigenvalue weighted by atomic mass is 32.1. The number of pyridine rings is 1. The summed E-state index contributed by atoms with van der Waals surface area (Å²) in [5.74, 6) is 0.0351. The van der Waals surface area contributed by atoms with E-state index in [0.29, 0.717) is 11.8 Å². The molecule has 0 saturated heterocycles. The highest BCUT2D eigenvalue weighted by molar-refractivity contribution is 7.17. The molecule has 3 nitrogen and oxygen atoms in total. The molecule has 0 N–H and O–H groups in total. The van der Waals surface area contributed by atoms with Crippen molar-refractivity contribution < 1.29 is 4.79 Å². The molecular formula is C16H13NO2S. The number of benzene rings is 1. The first-order valence-corrected chi connectivity index (χ1v) is 7.24. The molecule has 0 saturated carbocycles. The Morgan fingerprint density at radius 2 is 1.90 bits per heavy atom. The van der Waals surface area contributed by atoms with Crippen LogP contribution in [0.1, 0.15) is 5.56 Å². The van der Waals surface area contributed by atoms with Gasteiger partial charge in [0.15, 0.2) is 5.78 Å². The van der Waals surface area contributed by atoms with E-state index in [-0.39, 0.29) is 17.9 Å². The fraction of sp³-hybridized carbons (Fsp3) is 0.125. The van der Waals surface area contributed by atoms with Gasteiger partial charge in [-0.2, -0.15) is 0 Å². The maximum Gasteiger partial charge on any atom is 0.259 e. The third-order valence-electron chi connectivity index (χ3n) is 3.18. The van der Waals surface area contributed by atoms with Crippen molar-refractivity contribution in [2.45, 2.75) is 13.0 Å². The molecule has 0 aliphatic rings. The molecule has 0 amide bonds. The first kappa shape index (κ1) is 12.8. The van der Waals surface area contributed by atoms with Crippen molar-refractivity contribution >= 4 is 27.2 Å². The molecule has 0 spiro atoms. The Morgan fingerprint density at radius 3 is 2.70 bits per heavy atom. The first-order chi connectivity index (χ1) is 9.74. The number of hydrogen-bond donors (Lipinski definition) is 0. The predicted octanol–water partition coefficient (Wildman–Crippen LogP) is 2.87. The Labute approximate surface area is 120 Å². The SMILES string of the molecule is O=C(Cc1ccccc1)Cn1ccc2sccc2c1=O. The fourth-order valence-corrected chi connectivity index (χ4v) is 2.97. The number of fused-ring (bicyclic) bond motifs is 1. The van der Waals surface area contributed by atoms with Crippen LogP contribution in [0.4, 0.5) is 0 Å². The van der Waals surface area contributed by atoms with Crippen LogP contribution >= 0.6 is 11.3 Å². The standard InChI is InChI=1S/C16H13NO2S/c18-13(10-12-4-2-1-3-5-12)11-17-8-6-15-14(16(17)19)7-9-20-15/h1-9H,10-11H2. The number of hydrogen-bond acceptors (Lipinski definition) is 3. The third kappa shape index (κ3) is 2.56. The van der Waals surface area contributed by atoms with Crippen LogP contribution in [0, 0.1) is 0 Å². The molecule has 0 unspecified atom stereocenters. The van der Waals surface area contributed by atoms with Gasteiger partial charge in [-0.25, -0.2) is 0 Å². The van der Waals surface area contributed by atoms with E-state index in [9.17, 15) is 9.59 Å². The van der Waals surface area contributed by atoms with Crippen molar-refractivity contribution in [3.63, 3.8) is 0 Å². The summed E-state index contributed by atoms with van der Waals surface area (Å²) in [6, 6.07) is 13.3. The lowest BCUT2D eigenvalue weighted by molar-refractivity contribution is -0.119. The van der Waals surface area contributed by atoms with Crippen molar-refractivity contribution in [1.82, 2.24) is 4.57 Å². The average molecular weight is 283 g/mol. The van der Waals surface area contributed by atoms with Crippen LogP contribution in [-0.2, 0) is 17.8 Å². The zero-order valence-corrected chi connectivity index (χ0v) is 11.6. The van der Waals surface area contributed by atoms with E-state index in [1.807, 2.05) is 41.8 Å². The Balaban J connectivity index is 1.81. The second kappa shape index (κ2) is 5.43. The summed E-state index contributed by atoms with van der Waals surface area (Å²) in [5.41, 5.74) is 0.882. The maximum absolute atomic E-state index is 12.2. The number of rotatable bonds is 4. The smallest absolute Gasteiger partial charge is 0.259 e. The van der Waals surface area contributed by atoms with Gasteiger partial charge in [0, 0.05) is 17.3 Å². The van der Waals surface area contributed by atoms with Gasteiger partial charge in [0.25, 0.3) is 5.56 Å². The second-order valence-electron chi connectivity index (χ2n) is 4.65. The molecule has 0 atom stereocenters. The minimum Gasteiger partial charge on any atom is -0.307 e. The Bertz CT molecular complexity index is 802. The average Bonchev–Trinajstić information content (AvgIpc) is 2.92. The van der Waals surface area contributed by atoms with Gasteiger partial charge >= 0.3 is 0 Å². The van der Waals surface area contributed by atoms with Gasteiger partial charge in [0.1, 0.15) is 0 Å². The molecule has 4 heteroatoms. The highest BCUT2D eigenvalue weighted by Crippen LogP contribution is 2.16. The normalized spacial score (nSPS) is 10.8. The van der Waals surface area contributed by atoms with E-state index >= 15 is 0 Å². The molecule has 3 aromatic rings. The van der Waals surface area contributed by atoms with E-state index in [1.165, 1.54) is 15.9 Å². The summed E-state index contributed by atoms with van der Waals surface area (Å²) in [6.07, 6.45) is 2.05. The quantitative estimate of drug-likeness (QED) is 0.738. The number of carbonyl (C=O) groups is 1. The van der Waals surface area contributed by atoms with Gasteiger partial charge in [-0.15, -0.1) is 11.3 Å². The summed E-state index contributed by atoms with van der Waals surface area (Å²) in [4.78, 5) is 24.2. The summed E-state index contributed by atoms with van der Waals surface area (Å²) < 4.78 is 2.45. The van der Waals surface area contributed by atoms with Crippen LogP contribution in [0.3, 0.4) is 0 Å². The summed E-state index contributed by atoms with van der Waals surface area (Å²) in [6.45, 7) is 0.125. The zero-order chi connectivity index (χ0) is 13.9. The van der Waals surface area contributed by atoms with E-state index in [0.717, 1.165) is 10.3 Å². The molecule has 0 radical (unpaired) electrons. The third-order valence-corrected chi connectivity index (χ3v) is 4.07. The largest absolute Gasteiger partial charge is 0.307 e. The van der Waals surface area contributed by atoms with Crippen LogP contribution in [0.15, 0.2) is 58.8 Å². The van der Waals surface area contributed by atoms with Gasteiger partial charge in [0.05, 0.1) is 11.9 Å². The minimum absolute atomic E-state index is 0.0351. The van der Waals surface area contributed by atoms with E-state index in [2.05, 4.69) is 0 Å². The lowest BCUT2D eigenvalue weighted by Crippen LogP contribution is -2.24. The molecule has 100 valence electrons. The van der Waals surface area contributed by atoms with Crippen LogP contribution < -0.4 is 5.56 Å². The summed E-state index contributed by atoms with van der Waals surface area (Å²) in [5, 5.41) is 2.58. The summed E-state index contributed by atoms with van der Waals surface area (Å²) >= 11 is 1.53. The van der Waals surface area contributed by atoms with E-state index in [4.69, 9.17) is 0 Å². The van der Waals surface area contributed by atoms with Gasteiger partial charge in [-0.05, 0) is 23.1 Å². The molecular weight excluding hydrogens is 270 g/mol. The second-order valence-corrected chi connectivity index (χ2v) is 5.60. The number of Topliss-reactive ketones (excluding diaryl/α,β-unsaturated/α-hetero) is 1. The zero-order valence-electron chi connectivity index (χ0n) is 10.8. The fourth-order valence-electron chi connectivity index (χ4n) is 2.20. The summed E-state index contributed by atoms with van der Waals surface area (Å²) in [7, 11) is 0. The van der Waals surface area contributed by atoms with Crippen LogP contribution in [0.5, 0.6) is 0 Å². The topological polar surface area (TPSA) is 39.1 Å². The van der Waals surface area contributed by atoms with Crippen LogP contribution in [0.25, 0.3) is 10.1 Å². The number of nitrogens with zero attached hydrogens (tertiary/aromatic N) is 1. The lowest BCUT2D eigenvalue weighted by atomic mass is 10.1. The van der Waals surface area contributed by atoms with E-state index < -0.39 is 0 Å². The minimum atomic E-state index is -0.0924. The molecule has 2 heterocycles. The van der Waals surface area contributed by atoms with Crippen molar-refractivity contribution in [3.05, 3.63) is 70.0 Å². The molecule has 0 aliphatic heterocycles. The van der Waals surface area contributed by atoms with Crippen molar-refractivity contribution in [2.24, 2.45) is 0 Å². The molecule has 0 bridgehead atoms. The number of carbonyl (C=O) groups excluding carboxylic acids is 1. The highest BCUT2D eigenvalue weighted by Gasteiger charge is 2.08. The van der Waals surface area contributed by atoms with Gasteiger partial charge in [-0.3, -0.25) is 9.59 Å². The molecule has 0 aliphatic carbocycles. The molecule has 2 aromatic heterocycles. The lowest BCUT2D eigenvalue weighted by Gasteiger charge is -2.05. The van der Waals surface area contributed by atoms with Gasteiger partial charge < -0.3 is 4.57 Å². The maximum atomic E-state index is 12.2. The number of aromatic nitrogens is 1. The van der Waals surface area contributed by atoms with Crippen LogP contribution in [-0.4, -0.2) is 10.4 Å². The van der Waals surface area contributed by atoms with Gasteiger partial charge in [0.2, 0.25) is 0 Å². The molecule has 3 rings (SSSR count). The molecule has 20 heavy (non-hydrogen) atoms.